The van der Waals surface area contributed by atoms with Gasteiger partial charge in [0, 0.05) is 23.7 Å². The SMILES string of the molecule is NCC(=O)NC(=O)C1=CNc2ccccc2C=N1. The van der Waals surface area contributed by atoms with Crippen LogP contribution in [0, 0.1) is 0 Å². The van der Waals surface area contributed by atoms with Gasteiger partial charge in [0.05, 0.1) is 6.54 Å². The average Bonchev–Trinajstić information content (AvgIpc) is 2.61. The van der Waals surface area contributed by atoms with Gasteiger partial charge in [-0.1, -0.05) is 18.2 Å². The fourth-order valence-corrected chi connectivity index (χ4v) is 1.43. The van der Waals surface area contributed by atoms with Crippen LogP contribution in [-0.4, -0.2) is 24.6 Å². The molecular formula is C12H12N4O2. The molecule has 0 spiro atoms. The van der Waals surface area contributed by atoms with Crippen LogP contribution in [0.15, 0.2) is 41.2 Å². The van der Waals surface area contributed by atoms with Crippen LogP contribution >= 0.6 is 0 Å². The Morgan fingerprint density at radius 2 is 2.11 bits per heavy atom. The van der Waals surface area contributed by atoms with E-state index in [1.165, 1.54) is 6.20 Å². The zero-order chi connectivity index (χ0) is 13.0. The highest BCUT2D eigenvalue weighted by Crippen LogP contribution is 2.16. The second-order valence-corrected chi connectivity index (χ2v) is 3.60. The number of anilines is 1. The topological polar surface area (TPSA) is 96.6 Å². The van der Waals surface area contributed by atoms with E-state index in [1.54, 1.807) is 6.21 Å². The van der Waals surface area contributed by atoms with Crippen LogP contribution in [-0.2, 0) is 9.59 Å². The Labute approximate surface area is 104 Å². The predicted octanol–water partition coefficient (Wildman–Crippen LogP) is -0.0261. The molecule has 18 heavy (non-hydrogen) atoms. The molecule has 4 N–H and O–H groups in total. The summed E-state index contributed by atoms with van der Waals surface area (Å²) >= 11 is 0. The number of carbonyl (C=O) groups excluding carboxylic acids is 2. The van der Waals surface area contributed by atoms with E-state index in [0.717, 1.165) is 11.3 Å². The van der Waals surface area contributed by atoms with Crippen molar-refractivity contribution in [2.45, 2.75) is 0 Å². The average molecular weight is 244 g/mol. The number of nitrogens with zero attached hydrogens (tertiary/aromatic N) is 1. The van der Waals surface area contributed by atoms with Gasteiger partial charge in [-0.05, 0) is 6.07 Å². The molecule has 1 aliphatic heterocycles. The van der Waals surface area contributed by atoms with Crippen LogP contribution in [0.2, 0.25) is 0 Å². The number of aliphatic imine (C=N–C) groups is 1. The van der Waals surface area contributed by atoms with Crippen LogP contribution in [0.5, 0.6) is 0 Å². The molecule has 1 aliphatic rings. The monoisotopic (exact) mass is 244 g/mol. The molecule has 0 radical (unpaired) electrons. The molecule has 92 valence electrons. The molecule has 0 fully saturated rings. The predicted molar refractivity (Wildman–Crippen MR) is 67.9 cm³/mol. The number of benzene rings is 1. The molecule has 2 amide bonds. The molecule has 1 aromatic rings. The summed E-state index contributed by atoms with van der Waals surface area (Å²) in [6, 6.07) is 7.47. The Kier molecular flexibility index (Phi) is 3.49. The number of rotatable bonds is 2. The van der Waals surface area contributed by atoms with Crippen molar-refractivity contribution in [3.8, 4) is 0 Å². The van der Waals surface area contributed by atoms with Crippen molar-refractivity contribution in [1.82, 2.24) is 5.32 Å². The number of imide groups is 1. The minimum absolute atomic E-state index is 0.119. The van der Waals surface area contributed by atoms with Crippen molar-refractivity contribution >= 4 is 23.7 Å². The zero-order valence-corrected chi connectivity index (χ0v) is 9.51. The Morgan fingerprint density at radius 1 is 1.33 bits per heavy atom. The normalized spacial score (nSPS) is 12.8. The third-order valence-electron chi connectivity index (χ3n) is 2.34. The highest BCUT2D eigenvalue weighted by atomic mass is 16.2. The molecule has 6 nitrogen and oxygen atoms in total. The molecule has 0 aliphatic carbocycles. The van der Waals surface area contributed by atoms with Gasteiger partial charge in [-0.25, -0.2) is 4.99 Å². The molecule has 0 bridgehead atoms. The third kappa shape index (κ3) is 2.61. The molecule has 6 heteroatoms. The Morgan fingerprint density at radius 3 is 2.89 bits per heavy atom. The van der Waals surface area contributed by atoms with Gasteiger partial charge in [0.2, 0.25) is 5.91 Å². The van der Waals surface area contributed by atoms with E-state index in [-0.39, 0.29) is 12.2 Å². The fourth-order valence-electron chi connectivity index (χ4n) is 1.43. The van der Waals surface area contributed by atoms with Crippen molar-refractivity contribution in [3.05, 3.63) is 41.7 Å². The first kappa shape index (κ1) is 12.0. The van der Waals surface area contributed by atoms with Gasteiger partial charge in [-0.15, -0.1) is 0 Å². The van der Waals surface area contributed by atoms with Gasteiger partial charge in [0.15, 0.2) is 0 Å². The van der Waals surface area contributed by atoms with Crippen molar-refractivity contribution in [1.29, 1.82) is 0 Å². The number of hydrogen-bond donors (Lipinski definition) is 3. The van der Waals surface area contributed by atoms with Crippen LogP contribution in [0.3, 0.4) is 0 Å². The maximum atomic E-state index is 11.7. The number of hydrogen-bond acceptors (Lipinski definition) is 5. The van der Waals surface area contributed by atoms with E-state index in [9.17, 15) is 9.59 Å². The molecule has 0 aromatic heterocycles. The largest absolute Gasteiger partial charge is 0.359 e. The second kappa shape index (κ2) is 5.24. The lowest BCUT2D eigenvalue weighted by Crippen LogP contribution is -2.36. The maximum absolute atomic E-state index is 11.7. The summed E-state index contributed by atoms with van der Waals surface area (Å²) in [5, 5.41) is 5.09. The van der Waals surface area contributed by atoms with Crippen LogP contribution in [0.1, 0.15) is 5.56 Å². The molecule has 1 aromatic carbocycles. The first-order chi connectivity index (χ1) is 8.70. The third-order valence-corrected chi connectivity index (χ3v) is 2.34. The molecule has 0 unspecified atom stereocenters. The van der Waals surface area contributed by atoms with Gasteiger partial charge < -0.3 is 11.1 Å². The summed E-state index contributed by atoms with van der Waals surface area (Å²) in [6.07, 6.45) is 3.01. The van der Waals surface area contributed by atoms with Crippen LogP contribution in [0.4, 0.5) is 5.69 Å². The van der Waals surface area contributed by atoms with Crippen molar-refractivity contribution in [2.24, 2.45) is 10.7 Å². The lowest BCUT2D eigenvalue weighted by Gasteiger charge is -2.03. The van der Waals surface area contributed by atoms with Gasteiger partial charge in [0.1, 0.15) is 5.70 Å². The molecule has 2 rings (SSSR count). The quantitative estimate of drug-likeness (QED) is 0.680. The molecule has 0 saturated heterocycles. The highest BCUT2D eigenvalue weighted by molar-refractivity contribution is 6.06. The Bertz CT molecular complexity index is 549. The van der Waals surface area contributed by atoms with E-state index in [0.29, 0.717) is 0 Å². The number of para-hydroxylation sites is 1. The second-order valence-electron chi connectivity index (χ2n) is 3.60. The van der Waals surface area contributed by atoms with Gasteiger partial charge >= 0.3 is 0 Å². The maximum Gasteiger partial charge on any atom is 0.277 e. The van der Waals surface area contributed by atoms with Gasteiger partial charge in [-0.3, -0.25) is 14.9 Å². The van der Waals surface area contributed by atoms with Gasteiger partial charge in [0.25, 0.3) is 5.91 Å². The molecule has 0 saturated carbocycles. The summed E-state index contributed by atoms with van der Waals surface area (Å²) in [7, 11) is 0. The summed E-state index contributed by atoms with van der Waals surface area (Å²) < 4.78 is 0. The zero-order valence-electron chi connectivity index (χ0n) is 9.51. The fraction of sp³-hybridized carbons (Fsp3) is 0.0833. The lowest BCUT2D eigenvalue weighted by molar-refractivity contribution is -0.127. The minimum Gasteiger partial charge on any atom is -0.359 e. The van der Waals surface area contributed by atoms with E-state index in [1.807, 2.05) is 24.3 Å². The molecule has 1 heterocycles. The van der Waals surface area contributed by atoms with Crippen LogP contribution in [0.25, 0.3) is 0 Å². The summed E-state index contributed by atoms with van der Waals surface area (Å²) in [5.74, 6) is -1.13. The number of fused-ring (bicyclic) bond motifs is 1. The summed E-state index contributed by atoms with van der Waals surface area (Å²) in [4.78, 5) is 26.7. The van der Waals surface area contributed by atoms with E-state index < -0.39 is 11.8 Å². The Hall–Kier alpha value is -2.47. The molecule has 0 atom stereocenters. The lowest BCUT2D eigenvalue weighted by atomic mass is 10.2. The summed E-state index contributed by atoms with van der Waals surface area (Å²) in [5.41, 5.74) is 6.93. The number of amides is 2. The van der Waals surface area contributed by atoms with Crippen molar-refractivity contribution < 1.29 is 9.59 Å². The number of carbonyl (C=O) groups is 2. The number of nitrogens with one attached hydrogen (secondary N) is 2. The van der Waals surface area contributed by atoms with E-state index >= 15 is 0 Å². The van der Waals surface area contributed by atoms with Gasteiger partial charge in [-0.2, -0.15) is 0 Å². The molecular weight excluding hydrogens is 232 g/mol. The summed E-state index contributed by atoms with van der Waals surface area (Å²) in [6.45, 7) is -0.240. The van der Waals surface area contributed by atoms with E-state index in [2.05, 4.69) is 15.6 Å². The smallest absolute Gasteiger partial charge is 0.277 e. The number of nitrogens with two attached hydrogens (primary N) is 1. The highest BCUT2D eigenvalue weighted by Gasteiger charge is 2.13. The first-order valence-corrected chi connectivity index (χ1v) is 5.35. The van der Waals surface area contributed by atoms with Crippen LogP contribution < -0.4 is 16.4 Å². The minimum atomic E-state index is -0.581. The van der Waals surface area contributed by atoms with Crippen molar-refractivity contribution in [3.63, 3.8) is 0 Å². The standard InChI is InChI=1S/C12H12N4O2/c13-5-11(17)16-12(18)10-7-15-9-4-2-1-3-8(9)6-14-10/h1-4,6-7,15H,5,13H2,(H,16,17,18). The first-order valence-electron chi connectivity index (χ1n) is 5.35. The van der Waals surface area contributed by atoms with E-state index in [4.69, 9.17) is 5.73 Å². The Balaban J connectivity index is 2.16. The van der Waals surface area contributed by atoms with Crippen molar-refractivity contribution in [2.75, 3.05) is 11.9 Å².